The predicted octanol–water partition coefficient (Wildman–Crippen LogP) is 8.00. The van der Waals surface area contributed by atoms with Crippen LogP contribution in [0.4, 0.5) is 0 Å². The van der Waals surface area contributed by atoms with Crippen molar-refractivity contribution in [1.29, 1.82) is 0 Å². The summed E-state index contributed by atoms with van der Waals surface area (Å²) < 4.78 is 23.0. The van der Waals surface area contributed by atoms with Crippen LogP contribution in [0.25, 0.3) is 0 Å². The van der Waals surface area contributed by atoms with Gasteiger partial charge in [0.1, 0.15) is 22.6 Å². The van der Waals surface area contributed by atoms with Crippen molar-refractivity contribution in [2.24, 2.45) is 11.8 Å². The fraction of sp³-hybridized carbons (Fsp3) is 0.556. The van der Waals surface area contributed by atoms with E-state index >= 15 is 0 Å². The molecule has 0 aromatic heterocycles. The molecule has 2 aromatic carbocycles. The van der Waals surface area contributed by atoms with Gasteiger partial charge < -0.3 is 17.7 Å². The number of rotatable bonds is 20. The molecule has 2 aromatic rings. The molecule has 0 bridgehead atoms. The molecule has 2 rings (SSSR count). The van der Waals surface area contributed by atoms with Crippen LogP contribution in [0.15, 0.2) is 60.7 Å². The Morgan fingerprint density at radius 3 is 1.04 bits per heavy atom. The van der Waals surface area contributed by atoms with Crippen LogP contribution < -0.4 is 0 Å². The van der Waals surface area contributed by atoms with E-state index in [-0.39, 0.29) is 56.0 Å². The molecule has 0 radical (unpaired) electrons. The van der Waals surface area contributed by atoms with Gasteiger partial charge in [-0.3, -0.25) is 19.2 Å². The van der Waals surface area contributed by atoms with Gasteiger partial charge in [0.15, 0.2) is 11.6 Å². The molecule has 0 aliphatic rings. The monoisotopic (exact) mass is 867 g/mol. The zero-order valence-electron chi connectivity index (χ0n) is 29.9. The van der Waals surface area contributed by atoms with Crippen LogP contribution >= 0.6 is 0 Å². The summed E-state index contributed by atoms with van der Waals surface area (Å²) in [6.45, 7) is 11.4. The molecule has 47 heavy (non-hydrogen) atoms. The molecule has 2 unspecified atom stereocenters. The summed E-state index contributed by atoms with van der Waals surface area (Å²) in [5.74, 6) is -1.04. The first-order valence-corrected chi connectivity index (χ1v) is 20.5. The number of carbonyl (C=O) groups excluding carboxylic acids is 4. The van der Waals surface area contributed by atoms with Crippen molar-refractivity contribution in [2.75, 3.05) is 28.4 Å². The largest absolute Gasteiger partial charge is 2.00 e. The van der Waals surface area contributed by atoms with E-state index in [4.69, 9.17) is 17.7 Å². The molecule has 11 heteroatoms. The van der Waals surface area contributed by atoms with E-state index in [0.717, 1.165) is 25.7 Å². The van der Waals surface area contributed by atoms with Crippen molar-refractivity contribution >= 4 is 40.3 Å². The summed E-state index contributed by atoms with van der Waals surface area (Å²) >= 11 is 0. The van der Waals surface area contributed by atoms with Crippen molar-refractivity contribution in [1.82, 2.24) is 0 Å². The average Bonchev–Trinajstić information content (AvgIpc) is 3.08. The third-order valence-electron chi connectivity index (χ3n) is 8.37. The van der Waals surface area contributed by atoms with E-state index in [9.17, 15) is 19.2 Å². The molecule has 0 saturated carbocycles. The first kappa shape index (κ1) is 45.1. The summed E-state index contributed by atoms with van der Waals surface area (Å²) in [4.78, 5) is 51.8. The normalized spacial score (nSPS) is 12.9. The Bertz CT molecular complexity index is 1120. The Kier molecular flexibility index (Phi) is 21.7. The van der Waals surface area contributed by atoms with Crippen LogP contribution in [-0.2, 0) is 48.4 Å². The Morgan fingerprint density at radius 2 is 0.830 bits per heavy atom. The predicted molar refractivity (Wildman–Crippen MR) is 188 cm³/mol. The smallest absolute Gasteiger partial charge is 0.397 e. The van der Waals surface area contributed by atoms with Gasteiger partial charge in [0, 0.05) is 51.4 Å². The third-order valence-corrected chi connectivity index (χ3v) is 16.1. The minimum absolute atomic E-state index is 0. The molecule has 0 amide bonds. The van der Waals surface area contributed by atoms with Crippen LogP contribution in [0.1, 0.15) is 87.9 Å². The number of hydrogen-bond donors (Lipinski definition) is 0. The van der Waals surface area contributed by atoms with E-state index in [2.05, 4.69) is 13.8 Å². The van der Waals surface area contributed by atoms with Gasteiger partial charge in [-0.25, -0.2) is 0 Å². The molecular formula is C36H56O8PtSi2+2. The van der Waals surface area contributed by atoms with Crippen molar-refractivity contribution in [3.8, 4) is 0 Å². The second kappa shape index (κ2) is 22.7. The Morgan fingerprint density at radius 1 is 0.553 bits per heavy atom. The van der Waals surface area contributed by atoms with Crippen LogP contribution in [0.5, 0.6) is 0 Å². The van der Waals surface area contributed by atoms with Crippen LogP contribution in [-0.4, -0.2) is 68.7 Å². The summed E-state index contributed by atoms with van der Waals surface area (Å²) in [6, 6.07) is 19.2. The van der Waals surface area contributed by atoms with Gasteiger partial charge in [-0.2, -0.15) is 0 Å². The molecule has 0 aliphatic carbocycles. The van der Waals surface area contributed by atoms with E-state index in [0.29, 0.717) is 23.2 Å². The molecule has 0 N–H and O–H groups in total. The first-order valence-electron chi connectivity index (χ1n) is 16.3. The molecule has 0 fully saturated rings. The zero-order chi connectivity index (χ0) is 34.9. The van der Waals surface area contributed by atoms with Gasteiger partial charge >= 0.3 is 38.2 Å². The first-order chi connectivity index (χ1) is 21.9. The summed E-state index contributed by atoms with van der Waals surface area (Å²) in [5.41, 5.74) is -0.583. The minimum atomic E-state index is -2.96. The quantitative estimate of drug-likeness (QED) is 0.0750. The Labute approximate surface area is 299 Å². The van der Waals surface area contributed by atoms with Crippen molar-refractivity contribution in [3.05, 3.63) is 71.8 Å². The maximum Gasteiger partial charge on any atom is 2.00 e. The molecule has 0 aliphatic heterocycles. The number of carbonyl (C=O) groups is 4. The van der Waals surface area contributed by atoms with Gasteiger partial charge in [0.2, 0.25) is 0 Å². The second-order valence-corrected chi connectivity index (χ2v) is 19.1. The third kappa shape index (κ3) is 12.2. The number of ketones is 4. The Balaban J connectivity index is 0.000000882. The fourth-order valence-electron chi connectivity index (χ4n) is 5.48. The average molecular weight is 868 g/mol. The van der Waals surface area contributed by atoms with Crippen LogP contribution in [0.2, 0.25) is 23.2 Å². The zero-order valence-corrected chi connectivity index (χ0v) is 34.2. The van der Waals surface area contributed by atoms with Gasteiger partial charge in [-0.15, -0.1) is 0 Å². The summed E-state index contributed by atoms with van der Waals surface area (Å²) in [6.07, 6.45) is 3.67. The minimum Gasteiger partial charge on any atom is -0.397 e. The standard InChI is InChI=1S/2C18H28O4Si.Pt/c2*1-6-7-13-23(21-4,22-5)18(16(19)14(2)3)17(20)15-11-9-8-10-12-15;/h2*8-12,14,18H,6-7,13H2,1-5H3;/q;;+2. The van der Waals surface area contributed by atoms with Gasteiger partial charge in [-0.05, 0) is 12.1 Å². The number of unbranched alkanes of at least 4 members (excludes halogenated alkanes) is 2. The number of benzene rings is 2. The van der Waals surface area contributed by atoms with E-state index in [1.807, 2.05) is 39.8 Å². The summed E-state index contributed by atoms with van der Waals surface area (Å²) in [7, 11) is 0.310. The number of Topliss-reactive ketones (excluding diaryl/α,β-unsaturated/α-hetero) is 4. The second-order valence-electron chi connectivity index (χ2n) is 12.1. The maximum atomic E-state index is 13.1. The molecular weight excluding hydrogens is 812 g/mol. The SMILES string of the molecule is CCCC[Si](OC)(OC)C(C(=O)c1ccccc1)C(=O)C(C)C.CCCC[Si](OC)(OC)C(C(=O)c1ccccc1)C(=O)C(C)C.[Pt+2]. The maximum absolute atomic E-state index is 13.1. The van der Waals surface area contributed by atoms with Crippen molar-refractivity contribution < 1.29 is 57.9 Å². The van der Waals surface area contributed by atoms with Gasteiger partial charge in [0.05, 0.1) is 0 Å². The van der Waals surface area contributed by atoms with Gasteiger partial charge in [-0.1, -0.05) is 128 Å². The van der Waals surface area contributed by atoms with Gasteiger partial charge in [0.25, 0.3) is 0 Å². The molecule has 2 atom stereocenters. The van der Waals surface area contributed by atoms with E-state index < -0.39 is 28.2 Å². The molecule has 8 nitrogen and oxygen atoms in total. The topological polar surface area (TPSA) is 105 Å². The van der Waals surface area contributed by atoms with Crippen LogP contribution in [0, 0.1) is 11.8 Å². The molecule has 0 spiro atoms. The van der Waals surface area contributed by atoms with Crippen molar-refractivity contribution in [2.45, 2.75) is 90.4 Å². The Hall–Kier alpha value is -1.92. The molecule has 264 valence electrons. The van der Waals surface area contributed by atoms with Crippen LogP contribution in [0.3, 0.4) is 0 Å². The summed E-state index contributed by atoms with van der Waals surface area (Å²) in [5, 5.41) is 0. The van der Waals surface area contributed by atoms with E-state index in [1.54, 1.807) is 77.0 Å². The van der Waals surface area contributed by atoms with E-state index in [1.165, 1.54) is 0 Å². The van der Waals surface area contributed by atoms with Crippen molar-refractivity contribution in [3.63, 3.8) is 0 Å². The fourth-order valence-corrected chi connectivity index (χ4v) is 12.5. The molecule has 0 heterocycles. The molecule has 0 saturated heterocycles. The number of hydrogen-bond acceptors (Lipinski definition) is 8.